The highest BCUT2D eigenvalue weighted by molar-refractivity contribution is 8.68. The van der Waals surface area contributed by atoms with Crippen LogP contribution in [-0.2, 0) is 206 Å². The Balaban J connectivity index is 0.000000218. The summed E-state index contributed by atoms with van der Waals surface area (Å²) in [6.07, 6.45) is -10.6. The van der Waals surface area contributed by atoms with Gasteiger partial charge in [-0.3, -0.25) is 4.79 Å². The smallest absolute Gasteiger partial charge is 0.303 e. The maximum Gasteiger partial charge on any atom is 0.303 e. The molecule has 9 fully saturated rings. The van der Waals surface area contributed by atoms with Crippen molar-refractivity contribution < 1.29 is 113 Å². The van der Waals surface area contributed by atoms with Crippen LogP contribution in [0.25, 0.3) is 0 Å². The molecule has 0 aliphatic carbocycles. The summed E-state index contributed by atoms with van der Waals surface area (Å²) in [6, 6.07) is 49.9. The van der Waals surface area contributed by atoms with E-state index in [-0.39, 0.29) is 64.7 Å². The Kier molecular flexibility index (Phi) is 37.6. The average molecular weight is 1960 g/mol. The van der Waals surface area contributed by atoms with Gasteiger partial charge in [0.05, 0.1) is 97.1 Å². The summed E-state index contributed by atoms with van der Waals surface area (Å²) in [4.78, 5) is 12.8. The molecule has 5 aromatic carbocycles. The van der Waals surface area contributed by atoms with Crippen molar-refractivity contribution in [3.05, 3.63) is 179 Å². The van der Waals surface area contributed by atoms with Crippen LogP contribution in [0.2, 0.25) is 33.2 Å². The quantitative estimate of drug-likeness (QED) is 0.0275. The zero-order chi connectivity index (χ0) is 92.9. The number of fused-ring (bicyclic) bond motifs is 3. The van der Waals surface area contributed by atoms with Crippen LogP contribution in [0.15, 0.2) is 152 Å². The van der Waals surface area contributed by atoms with Crippen LogP contribution in [0.5, 0.6) is 0 Å². The zero-order valence-corrected chi connectivity index (χ0v) is 86.7. The molecular formula is C96H140O24S7Si2. The van der Waals surface area contributed by atoms with Crippen LogP contribution in [0.1, 0.15) is 186 Å². The first-order chi connectivity index (χ1) is 61.5. The third-order valence-electron chi connectivity index (χ3n) is 26.5. The summed E-state index contributed by atoms with van der Waals surface area (Å²) in [5.41, 5.74) is 3.57. The van der Waals surface area contributed by atoms with Crippen LogP contribution in [-0.4, -0.2) is 208 Å². The predicted octanol–water partition coefficient (Wildman–Crippen LogP) is 17.3. The van der Waals surface area contributed by atoms with Gasteiger partial charge in [-0.1, -0.05) is 249 Å². The molecule has 718 valence electrons. The predicted molar refractivity (Wildman–Crippen MR) is 513 cm³/mol. The maximum atomic E-state index is 12.8. The topological polar surface area (TPSA) is 229 Å². The molecule has 0 bridgehead atoms. The number of benzene rings is 5. The molecule has 9 heterocycles. The van der Waals surface area contributed by atoms with E-state index in [1.54, 1.807) is 26.6 Å². The van der Waals surface area contributed by atoms with Crippen molar-refractivity contribution in [3.8, 4) is 0 Å². The van der Waals surface area contributed by atoms with Gasteiger partial charge in [-0.2, -0.15) is 0 Å². The molecule has 9 saturated heterocycles. The molecule has 9 aliphatic rings. The summed E-state index contributed by atoms with van der Waals surface area (Å²) >= 11 is 9.14. The van der Waals surface area contributed by atoms with Crippen LogP contribution < -0.4 is 0 Å². The fourth-order valence-electron chi connectivity index (χ4n) is 20.4. The fourth-order valence-corrected chi connectivity index (χ4v) is 39.5. The van der Waals surface area contributed by atoms with E-state index in [0.29, 0.717) is 59.7 Å². The fraction of sp³-hybridized carbons (Fsp3) is 0.677. The van der Waals surface area contributed by atoms with Gasteiger partial charge >= 0.3 is 5.97 Å². The monoisotopic (exact) mass is 1960 g/mol. The second-order valence-electron chi connectivity index (χ2n) is 38.5. The second kappa shape index (κ2) is 46.4. The molecule has 33 heteroatoms. The Morgan fingerprint density at radius 1 is 0.426 bits per heavy atom. The molecular weight excluding hydrogens is 1820 g/mol. The standard InChI is InChI=1S/C50H70O12Si.C46H70O12Si.S7/c1-32(2)63(33(3)4,34(5)6)62-47-44-42(57-48(9,10)58-44)41(36(8)55-47)56-46-43(53-28-38-22-16-12-17-23-38)40(35(7)26-54-46)59-50-31-52-30-49(50,29-51-27-37-20-14-11-15-21-37)60-45(61-50)39-24-18-13-19-25-39;1-29(2)59(30(3)4,31(5)6)58-43-41-39(55-44(10,11)56-41)38(33(8)52-43)53-42-40(50-25-36-21-17-14-18-22-36)37(32(7)23-51-42)57-45(12)26-49-28-46(45,54-34(9)47)27-48-24-35-19-15-13-16-20-35;1-3-5-7-6-4-2/h11-25,32-36,40-47H,26-31H2,1-10H3;13-22,29-33,37-43H,23-28H2,1-12H3;/t35-,36?,40?,41+,42?,43-,44+,45-,46+,47+,49+,50?;32-,33?,37?,38+,39?,40-,41+,42+,43+,45?,46+;/m11./s1. The summed E-state index contributed by atoms with van der Waals surface area (Å²) in [6.45, 7) is 49.2. The minimum absolute atomic E-state index is 0.0654. The Bertz CT molecular complexity index is 4490. The Morgan fingerprint density at radius 3 is 1.21 bits per heavy atom. The van der Waals surface area contributed by atoms with E-state index in [1.807, 2.05) is 200 Å². The minimum atomic E-state index is -2.38. The molecule has 0 saturated carbocycles. The van der Waals surface area contributed by atoms with Gasteiger partial charge in [-0.05, 0) is 104 Å². The van der Waals surface area contributed by atoms with E-state index in [2.05, 4.69) is 119 Å². The van der Waals surface area contributed by atoms with Gasteiger partial charge in [-0.25, -0.2) is 0 Å². The number of hydrogen-bond donors (Lipinski definition) is 0. The molecule has 5 aromatic rings. The lowest BCUT2D eigenvalue weighted by atomic mass is 9.86. The number of rotatable bonds is 34. The van der Waals surface area contributed by atoms with E-state index in [9.17, 15) is 4.79 Å². The molecule has 0 spiro atoms. The van der Waals surface area contributed by atoms with Gasteiger partial charge < -0.3 is 108 Å². The number of ether oxygens (including phenoxy) is 21. The summed E-state index contributed by atoms with van der Waals surface area (Å²) < 4.78 is 156. The summed E-state index contributed by atoms with van der Waals surface area (Å²) in [5.74, 6) is -3.91. The Hall–Kier alpha value is -3.34. The molecule has 0 amide bonds. The molecule has 9 aliphatic heterocycles. The molecule has 0 N–H and O–H groups in total. The van der Waals surface area contributed by atoms with Crippen molar-refractivity contribution in [1.82, 2.24) is 0 Å². The first-order valence-electron chi connectivity index (χ1n) is 45.6. The molecule has 8 unspecified atom stereocenters. The van der Waals surface area contributed by atoms with Gasteiger partial charge in [0.15, 0.2) is 54.2 Å². The van der Waals surface area contributed by atoms with Crippen LogP contribution in [0.4, 0.5) is 0 Å². The highest BCUT2D eigenvalue weighted by Crippen LogP contribution is 2.55. The van der Waals surface area contributed by atoms with Crippen LogP contribution >= 0.6 is 0 Å². The average Bonchev–Trinajstić information content (AvgIpc) is 1.57. The Labute approximate surface area is 791 Å². The molecule has 0 radical (unpaired) electrons. The highest BCUT2D eigenvalue weighted by Gasteiger charge is 2.70. The van der Waals surface area contributed by atoms with Gasteiger partial charge in [0.1, 0.15) is 61.0 Å². The first kappa shape index (κ1) is 105. The molecule has 23 atom stereocenters. The van der Waals surface area contributed by atoms with Crippen LogP contribution in [0.3, 0.4) is 0 Å². The van der Waals surface area contributed by atoms with Crippen molar-refractivity contribution in [2.24, 2.45) is 11.8 Å². The van der Waals surface area contributed by atoms with Gasteiger partial charge in [0, 0.05) is 91.1 Å². The largest absolute Gasteiger partial charge is 0.451 e. The van der Waals surface area contributed by atoms with Crippen LogP contribution in [0, 0.1) is 11.8 Å². The van der Waals surface area contributed by atoms with E-state index in [0.717, 1.165) is 27.8 Å². The highest BCUT2D eigenvalue weighted by atomic mass is 33.4. The number of esters is 1. The zero-order valence-electron chi connectivity index (χ0n) is 79.0. The Morgan fingerprint density at radius 2 is 0.806 bits per heavy atom. The molecule has 14 rings (SSSR count). The van der Waals surface area contributed by atoms with Crippen molar-refractivity contribution >= 4 is 89.4 Å². The number of hydrogen-bond acceptors (Lipinski definition) is 26. The lowest BCUT2D eigenvalue weighted by molar-refractivity contribution is -0.356. The third kappa shape index (κ3) is 24.7. The normalized spacial score (nSPS) is 33.5. The maximum absolute atomic E-state index is 12.8. The molecule has 129 heavy (non-hydrogen) atoms. The third-order valence-corrected chi connectivity index (χ3v) is 47.5. The van der Waals surface area contributed by atoms with E-state index in [4.69, 9.17) is 108 Å². The minimum Gasteiger partial charge on any atom is -0.451 e. The van der Waals surface area contributed by atoms with E-state index in [1.165, 1.54) is 24.7 Å². The second-order valence-corrected chi connectivity index (χ2v) is 58.2. The lowest BCUT2D eigenvalue weighted by Gasteiger charge is -2.50. The van der Waals surface area contributed by atoms with Gasteiger partial charge in [-0.15, -0.1) is 0 Å². The van der Waals surface area contributed by atoms with Crippen molar-refractivity contribution in [3.63, 3.8) is 0 Å². The van der Waals surface area contributed by atoms with E-state index >= 15 is 0 Å². The SMILES string of the molecule is CC(=O)O[C@@]1(COCc2ccccc2)COCC1(C)OC1[C@H](C)CO[C@@H](O[C@H]2C(C)O[C@@H](O[Si](C(C)C)(C(C)C)C(C)C)[C@H]3OC(C)(C)OC23)[C@@H]1OCc1ccccc1.CC1O[C@@H](O[Si](C(C)C)(C(C)C)C(C)C)[C@H]2OC(C)(C)OC2[C@H]1O[C@@H]1OC[C@@H](C)C(OC23COC[C@]2(COCc2ccccc2)O[C@@H](c2ccccc2)O3)[C@H]1OCc1ccccc1.S=S=S=S=S=S=S. The lowest BCUT2D eigenvalue weighted by Crippen LogP contribution is -2.65. The van der Waals surface area contributed by atoms with E-state index < -0.39 is 161 Å². The molecule has 24 nitrogen and oxygen atoms in total. The summed E-state index contributed by atoms with van der Waals surface area (Å²) in [7, 11) is 2.61. The first-order valence-corrected chi connectivity index (χ1v) is 57.9. The number of carbonyl (C=O) groups is 1. The number of carbonyl (C=O) groups excluding carboxylic acids is 1. The van der Waals surface area contributed by atoms with Crippen molar-refractivity contribution in [2.45, 2.75) is 351 Å². The molecule has 0 aromatic heterocycles. The van der Waals surface area contributed by atoms with Crippen molar-refractivity contribution in [2.75, 3.05) is 52.9 Å². The van der Waals surface area contributed by atoms with Gasteiger partial charge in [0.2, 0.25) is 22.4 Å². The summed E-state index contributed by atoms with van der Waals surface area (Å²) in [5, 5.41) is 0. The van der Waals surface area contributed by atoms with Crippen molar-refractivity contribution in [1.29, 1.82) is 0 Å². The van der Waals surface area contributed by atoms with Gasteiger partial charge in [0.25, 0.3) is 0 Å².